The lowest BCUT2D eigenvalue weighted by atomic mass is 10.1. The number of nitrogens with one attached hydrogen (secondary N) is 1. The Kier molecular flexibility index (Phi) is 4.08. The molecule has 0 bridgehead atoms. The van der Waals surface area contributed by atoms with E-state index in [0.29, 0.717) is 22.0 Å². The maximum absolute atomic E-state index is 12.2. The summed E-state index contributed by atoms with van der Waals surface area (Å²) in [5, 5.41) is 3.05. The normalized spacial score (nSPS) is 13.2. The summed E-state index contributed by atoms with van der Waals surface area (Å²) in [5.41, 5.74) is 0.745. The van der Waals surface area contributed by atoms with Crippen LogP contribution in [0.4, 0.5) is 5.82 Å². The number of hydrogen-bond donors (Lipinski definition) is 1. The fraction of sp³-hybridized carbons (Fsp3) is 0.125. The lowest BCUT2D eigenvalue weighted by Gasteiger charge is -2.13. The standard InChI is InChI=1S/C16H12ClN3O3/c17-10-5-6-13(18-9-10)19-14(21)7-8-20-15(22)11-3-1-2-4-12(11)16(20)23/h1-6,9H,7-8H2,(H,18,19,21). The number of aromatic nitrogens is 1. The zero-order valence-electron chi connectivity index (χ0n) is 12.0. The largest absolute Gasteiger partial charge is 0.311 e. The predicted octanol–water partition coefficient (Wildman–Crippen LogP) is 2.36. The molecule has 0 fully saturated rings. The van der Waals surface area contributed by atoms with Crippen LogP contribution in [0.1, 0.15) is 27.1 Å². The van der Waals surface area contributed by atoms with Gasteiger partial charge in [-0.3, -0.25) is 19.3 Å². The Labute approximate surface area is 137 Å². The summed E-state index contributed by atoms with van der Waals surface area (Å²) in [5.74, 6) is -0.718. The van der Waals surface area contributed by atoms with E-state index < -0.39 is 0 Å². The first-order valence-electron chi connectivity index (χ1n) is 6.93. The number of pyridine rings is 1. The van der Waals surface area contributed by atoms with Crippen LogP contribution < -0.4 is 5.32 Å². The van der Waals surface area contributed by atoms with Crippen LogP contribution in [0.2, 0.25) is 5.02 Å². The van der Waals surface area contributed by atoms with Gasteiger partial charge >= 0.3 is 0 Å². The van der Waals surface area contributed by atoms with Crippen molar-refractivity contribution in [2.75, 3.05) is 11.9 Å². The van der Waals surface area contributed by atoms with E-state index in [9.17, 15) is 14.4 Å². The molecule has 0 saturated heterocycles. The van der Waals surface area contributed by atoms with Crippen LogP contribution in [-0.4, -0.2) is 34.2 Å². The van der Waals surface area contributed by atoms with Gasteiger partial charge < -0.3 is 5.32 Å². The molecule has 0 unspecified atom stereocenters. The summed E-state index contributed by atoms with van der Waals surface area (Å²) < 4.78 is 0. The van der Waals surface area contributed by atoms with E-state index in [1.807, 2.05) is 0 Å². The number of carbonyl (C=O) groups excluding carboxylic acids is 3. The van der Waals surface area contributed by atoms with Gasteiger partial charge in [-0.05, 0) is 24.3 Å². The fourth-order valence-corrected chi connectivity index (χ4v) is 2.42. The van der Waals surface area contributed by atoms with Crippen LogP contribution in [0.25, 0.3) is 0 Å². The average Bonchev–Trinajstić information content (AvgIpc) is 2.80. The number of amides is 3. The Hall–Kier alpha value is -2.73. The van der Waals surface area contributed by atoms with Crippen LogP contribution in [-0.2, 0) is 4.79 Å². The Bertz CT molecular complexity index is 754. The molecule has 7 heteroatoms. The summed E-state index contributed by atoms with van der Waals surface area (Å²) in [6, 6.07) is 9.79. The quantitative estimate of drug-likeness (QED) is 0.873. The molecule has 2 heterocycles. The van der Waals surface area contributed by atoms with Gasteiger partial charge in [-0.25, -0.2) is 4.98 Å². The number of rotatable bonds is 4. The highest BCUT2D eigenvalue weighted by Crippen LogP contribution is 2.22. The van der Waals surface area contributed by atoms with Gasteiger partial charge in [0.2, 0.25) is 5.91 Å². The third kappa shape index (κ3) is 3.07. The Morgan fingerprint density at radius 1 is 1.09 bits per heavy atom. The van der Waals surface area contributed by atoms with E-state index in [2.05, 4.69) is 10.3 Å². The summed E-state index contributed by atoms with van der Waals surface area (Å²) in [4.78, 5) is 41.3. The van der Waals surface area contributed by atoms with Crippen LogP contribution >= 0.6 is 11.6 Å². The third-order valence-electron chi connectivity index (χ3n) is 3.44. The Morgan fingerprint density at radius 3 is 2.30 bits per heavy atom. The van der Waals surface area contributed by atoms with Gasteiger partial charge in [0.25, 0.3) is 11.8 Å². The fourth-order valence-electron chi connectivity index (χ4n) is 2.31. The minimum Gasteiger partial charge on any atom is -0.311 e. The number of carbonyl (C=O) groups is 3. The van der Waals surface area contributed by atoms with E-state index in [1.165, 1.54) is 6.20 Å². The van der Waals surface area contributed by atoms with Gasteiger partial charge in [0.05, 0.1) is 16.1 Å². The zero-order chi connectivity index (χ0) is 16.4. The van der Waals surface area contributed by atoms with Gasteiger partial charge in [0.1, 0.15) is 5.82 Å². The number of benzene rings is 1. The lowest BCUT2D eigenvalue weighted by molar-refractivity contribution is -0.116. The minimum atomic E-state index is -0.372. The molecule has 1 aliphatic heterocycles. The molecule has 1 N–H and O–H groups in total. The molecule has 23 heavy (non-hydrogen) atoms. The van der Waals surface area contributed by atoms with Crippen LogP contribution in [0.15, 0.2) is 42.6 Å². The third-order valence-corrected chi connectivity index (χ3v) is 3.66. The van der Waals surface area contributed by atoms with Crippen molar-refractivity contribution >= 4 is 35.1 Å². The summed E-state index contributed by atoms with van der Waals surface area (Å²) in [6.45, 7) is 0.0196. The number of halogens is 1. The van der Waals surface area contributed by atoms with Crippen molar-refractivity contribution in [3.63, 3.8) is 0 Å². The van der Waals surface area contributed by atoms with Gasteiger partial charge in [-0.1, -0.05) is 23.7 Å². The molecule has 0 radical (unpaired) electrons. The molecule has 1 aromatic carbocycles. The van der Waals surface area contributed by atoms with Gasteiger partial charge in [-0.2, -0.15) is 0 Å². The molecule has 6 nitrogen and oxygen atoms in total. The molecule has 2 aromatic rings. The SMILES string of the molecule is O=C(CCN1C(=O)c2ccccc2C1=O)Nc1ccc(Cl)cn1. The van der Waals surface area contributed by atoms with Crippen molar-refractivity contribution in [3.8, 4) is 0 Å². The Morgan fingerprint density at radius 2 is 1.74 bits per heavy atom. The number of imide groups is 1. The van der Waals surface area contributed by atoms with Crippen molar-refractivity contribution in [1.82, 2.24) is 9.88 Å². The van der Waals surface area contributed by atoms with Gasteiger partial charge in [-0.15, -0.1) is 0 Å². The second kappa shape index (κ2) is 6.18. The van der Waals surface area contributed by atoms with Crippen LogP contribution in [0, 0.1) is 0 Å². The highest BCUT2D eigenvalue weighted by molar-refractivity contribution is 6.30. The second-order valence-corrected chi connectivity index (χ2v) is 5.40. The minimum absolute atomic E-state index is 0.00419. The van der Waals surface area contributed by atoms with Crippen molar-refractivity contribution in [1.29, 1.82) is 0 Å². The second-order valence-electron chi connectivity index (χ2n) is 4.97. The zero-order valence-corrected chi connectivity index (χ0v) is 12.7. The molecular weight excluding hydrogens is 318 g/mol. The summed E-state index contributed by atoms with van der Waals surface area (Å²) in [7, 11) is 0. The first-order chi connectivity index (χ1) is 11.1. The van der Waals surface area contributed by atoms with E-state index in [1.54, 1.807) is 36.4 Å². The molecule has 0 saturated carbocycles. The monoisotopic (exact) mass is 329 g/mol. The number of fused-ring (bicyclic) bond motifs is 1. The summed E-state index contributed by atoms with van der Waals surface area (Å²) in [6.07, 6.45) is 1.41. The van der Waals surface area contributed by atoms with E-state index in [0.717, 1.165) is 4.90 Å². The van der Waals surface area contributed by atoms with E-state index in [4.69, 9.17) is 11.6 Å². The number of hydrogen-bond acceptors (Lipinski definition) is 4. The van der Waals surface area contributed by atoms with Crippen LogP contribution in [0.5, 0.6) is 0 Å². The molecule has 1 aliphatic rings. The molecule has 3 rings (SSSR count). The van der Waals surface area contributed by atoms with E-state index in [-0.39, 0.29) is 30.7 Å². The molecule has 0 aliphatic carbocycles. The molecule has 3 amide bonds. The average molecular weight is 330 g/mol. The number of nitrogens with zero attached hydrogens (tertiary/aromatic N) is 2. The van der Waals surface area contributed by atoms with Gasteiger partial charge in [0.15, 0.2) is 0 Å². The molecule has 0 atom stereocenters. The first kappa shape index (κ1) is 15.2. The van der Waals surface area contributed by atoms with Crippen molar-refractivity contribution in [2.45, 2.75) is 6.42 Å². The molecular formula is C16H12ClN3O3. The maximum atomic E-state index is 12.2. The highest BCUT2D eigenvalue weighted by Gasteiger charge is 2.34. The first-order valence-corrected chi connectivity index (χ1v) is 7.30. The summed E-state index contributed by atoms with van der Waals surface area (Å²) >= 11 is 5.71. The Balaban J connectivity index is 1.61. The lowest BCUT2D eigenvalue weighted by Crippen LogP contribution is -2.32. The molecule has 0 spiro atoms. The number of anilines is 1. The predicted molar refractivity (Wildman–Crippen MR) is 84.3 cm³/mol. The van der Waals surface area contributed by atoms with Gasteiger partial charge in [0, 0.05) is 19.2 Å². The van der Waals surface area contributed by atoms with Crippen LogP contribution in [0.3, 0.4) is 0 Å². The van der Waals surface area contributed by atoms with Crippen molar-refractivity contribution in [3.05, 3.63) is 58.7 Å². The molecule has 116 valence electrons. The van der Waals surface area contributed by atoms with Crippen molar-refractivity contribution < 1.29 is 14.4 Å². The maximum Gasteiger partial charge on any atom is 0.261 e. The highest BCUT2D eigenvalue weighted by atomic mass is 35.5. The van der Waals surface area contributed by atoms with Crippen molar-refractivity contribution in [2.24, 2.45) is 0 Å². The topological polar surface area (TPSA) is 79.4 Å². The smallest absolute Gasteiger partial charge is 0.261 e. The van der Waals surface area contributed by atoms with E-state index >= 15 is 0 Å². The molecule has 1 aromatic heterocycles.